The summed E-state index contributed by atoms with van der Waals surface area (Å²) in [6.45, 7) is 4.14. The fourth-order valence-electron chi connectivity index (χ4n) is 2.52. The Kier molecular flexibility index (Phi) is 8.98. The quantitative estimate of drug-likeness (QED) is 0.401. The zero-order chi connectivity index (χ0) is 21.2. The van der Waals surface area contributed by atoms with E-state index in [0.29, 0.717) is 22.9 Å². The summed E-state index contributed by atoms with van der Waals surface area (Å²) < 4.78 is 0. The number of amides is 2. The molecule has 2 aromatic rings. The van der Waals surface area contributed by atoms with Crippen LogP contribution in [0.15, 0.2) is 54.6 Å². The molecule has 7 nitrogen and oxygen atoms in total. The van der Waals surface area contributed by atoms with Crippen LogP contribution >= 0.6 is 11.8 Å². The van der Waals surface area contributed by atoms with Crippen LogP contribution in [-0.2, 0) is 4.79 Å². The van der Waals surface area contributed by atoms with E-state index < -0.39 is 24.0 Å². The number of aliphatic hydroxyl groups is 1. The molecule has 2 atom stereocenters. The molecule has 0 aromatic heterocycles. The molecule has 0 saturated heterocycles. The molecule has 1 unspecified atom stereocenters. The summed E-state index contributed by atoms with van der Waals surface area (Å²) in [4.78, 5) is 24.6. The van der Waals surface area contributed by atoms with Crippen molar-refractivity contribution in [3.05, 3.63) is 60.2 Å². The predicted octanol–water partition coefficient (Wildman–Crippen LogP) is 2.41. The summed E-state index contributed by atoms with van der Waals surface area (Å²) in [7, 11) is 0. The number of hydrogen-bond acceptors (Lipinski definition) is 6. The highest BCUT2D eigenvalue weighted by Crippen LogP contribution is 2.20. The number of benzene rings is 2. The Morgan fingerprint density at radius 3 is 2.38 bits per heavy atom. The van der Waals surface area contributed by atoms with Gasteiger partial charge in [0, 0.05) is 11.7 Å². The minimum absolute atomic E-state index is 0.351. The molecule has 0 radical (unpaired) electrons. The van der Waals surface area contributed by atoms with Gasteiger partial charge in [0.15, 0.2) is 0 Å². The molecule has 0 aliphatic heterocycles. The summed E-state index contributed by atoms with van der Waals surface area (Å²) in [5.74, 6) is -0.504. The number of rotatable bonds is 9. The number of aliphatic hydroxyl groups excluding tert-OH is 1. The van der Waals surface area contributed by atoms with Crippen LogP contribution in [0, 0.1) is 0 Å². The van der Waals surface area contributed by atoms with E-state index in [4.69, 9.17) is 5.73 Å². The van der Waals surface area contributed by atoms with Crippen LogP contribution in [-0.4, -0.2) is 40.1 Å². The van der Waals surface area contributed by atoms with Gasteiger partial charge in [-0.1, -0.05) is 44.2 Å². The van der Waals surface area contributed by atoms with Gasteiger partial charge in [0.05, 0.1) is 11.3 Å². The Balaban J connectivity index is 1.91. The number of nitrogens with one attached hydrogen (secondary N) is 3. The zero-order valence-electron chi connectivity index (χ0n) is 16.6. The van der Waals surface area contributed by atoms with Crippen molar-refractivity contribution >= 4 is 35.0 Å². The van der Waals surface area contributed by atoms with E-state index in [2.05, 4.69) is 30.0 Å². The van der Waals surface area contributed by atoms with E-state index in [9.17, 15) is 14.7 Å². The van der Waals surface area contributed by atoms with Crippen LogP contribution in [0.2, 0.25) is 0 Å². The van der Waals surface area contributed by atoms with Gasteiger partial charge in [0.25, 0.3) is 11.8 Å². The minimum atomic E-state index is -1.40. The van der Waals surface area contributed by atoms with Crippen molar-refractivity contribution in [2.24, 2.45) is 5.73 Å². The highest BCUT2D eigenvalue weighted by molar-refractivity contribution is 7.99. The summed E-state index contributed by atoms with van der Waals surface area (Å²) in [6.07, 6.45) is -0.907. The van der Waals surface area contributed by atoms with Crippen molar-refractivity contribution in [2.45, 2.75) is 37.7 Å². The Morgan fingerprint density at radius 2 is 1.69 bits per heavy atom. The molecule has 156 valence electrons. The van der Waals surface area contributed by atoms with E-state index in [1.165, 1.54) is 0 Å². The Labute approximate surface area is 175 Å². The van der Waals surface area contributed by atoms with E-state index >= 15 is 0 Å². The molecule has 0 aliphatic rings. The molecular formula is C21H28N4O3S. The first kappa shape index (κ1) is 22.7. The van der Waals surface area contributed by atoms with Crippen molar-refractivity contribution in [3.8, 4) is 0 Å². The summed E-state index contributed by atoms with van der Waals surface area (Å²) >= 11 is 1.71. The van der Waals surface area contributed by atoms with Crippen molar-refractivity contribution in [1.82, 2.24) is 10.9 Å². The lowest BCUT2D eigenvalue weighted by Gasteiger charge is -2.19. The second-order valence-electron chi connectivity index (χ2n) is 6.80. The minimum Gasteiger partial charge on any atom is -0.382 e. The first-order valence-corrected chi connectivity index (χ1v) is 10.5. The van der Waals surface area contributed by atoms with Crippen molar-refractivity contribution in [1.29, 1.82) is 0 Å². The standard InChI is InChI=1S/C21H28N4O3S/c1-14(2)29-13-12-17(22)19(26)21(28)25-24-20(27)16-10-6-7-11-18(16)23-15-8-4-3-5-9-15/h3-11,14,17,19,23,26H,12-13,22H2,1-2H3,(H,24,27)(H,25,28)/t17-,19?/m1/s1. The third-order valence-corrected chi connectivity index (χ3v) is 5.24. The molecule has 0 aliphatic carbocycles. The number of nitrogens with two attached hydrogens (primary N) is 1. The molecule has 2 aromatic carbocycles. The average Bonchev–Trinajstić information content (AvgIpc) is 2.72. The second-order valence-corrected chi connectivity index (χ2v) is 8.48. The molecule has 2 amide bonds. The summed E-state index contributed by atoms with van der Waals surface area (Å²) in [5.41, 5.74) is 12.2. The van der Waals surface area contributed by atoms with Crippen molar-refractivity contribution < 1.29 is 14.7 Å². The SMILES string of the molecule is CC(C)SCC[C@@H](N)C(O)C(=O)NNC(=O)c1ccccc1Nc1ccccc1. The number of carbonyl (C=O) groups is 2. The Bertz CT molecular complexity index is 802. The van der Waals surface area contributed by atoms with Gasteiger partial charge in [0.2, 0.25) is 0 Å². The number of para-hydroxylation sites is 2. The third-order valence-electron chi connectivity index (χ3n) is 4.10. The van der Waals surface area contributed by atoms with Gasteiger partial charge in [0.1, 0.15) is 6.10 Å². The van der Waals surface area contributed by atoms with Gasteiger partial charge in [-0.15, -0.1) is 0 Å². The molecule has 0 fully saturated rings. The Hall–Kier alpha value is -2.55. The first-order valence-electron chi connectivity index (χ1n) is 9.45. The summed E-state index contributed by atoms with van der Waals surface area (Å²) in [5, 5.41) is 13.7. The molecule has 0 saturated carbocycles. The lowest BCUT2D eigenvalue weighted by atomic mass is 10.1. The predicted molar refractivity (Wildman–Crippen MR) is 118 cm³/mol. The van der Waals surface area contributed by atoms with Gasteiger partial charge in [-0.2, -0.15) is 11.8 Å². The zero-order valence-corrected chi connectivity index (χ0v) is 17.4. The van der Waals surface area contributed by atoms with Crippen LogP contribution in [0.25, 0.3) is 0 Å². The maximum Gasteiger partial charge on any atom is 0.271 e. The van der Waals surface area contributed by atoms with Gasteiger partial charge in [-0.3, -0.25) is 20.4 Å². The van der Waals surface area contributed by atoms with Crippen LogP contribution in [0.1, 0.15) is 30.6 Å². The largest absolute Gasteiger partial charge is 0.382 e. The molecule has 2 rings (SSSR count). The van der Waals surface area contributed by atoms with Crippen LogP contribution in [0.4, 0.5) is 11.4 Å². The smallest absolute Gasteiger partial charge is 0.271 e. The van der Waals surface area contributed by atoms with Gasteiger partial charge in [-0.25, -0.2) is 0 Å². The third kappa shape index (κ3) is 7.41. The molecule has 6 N–H and O–H groups in total. The van der Waals surface area contributed by atoms with E-state index in [1.807, 2.05) is 30.3 Å². The maximum absolute atomic E-state index is 12.5. The number of anilines is 2. The topological polar surface area (TPSA) is 116 Å². The van der Waals surface area contributed by atoms with Crippen LogP contribution < -0.4 is 21.9 Å². The number of hydrazine groups is 1. The number of carbonyl (C=O) groups excluding carboxylic acids is 2. The Morgan fingerprint density at radius 1 is 1.03 bits per heavy atom. The molecule has 0 heterocycles. The molecule has 0 bridgehead atoms. The van der Waals surface area contributed by atoms with E-state index in [1.54, 1.807) is 36.0 Å². The second kappa shape index (κ2) is 11.5. The van der Waals surface area contributed by atoms with E-state index in [0.717, 1.165) is 11.4 Å². The van der Waals surface area contributed by atoms with Gasteiger partial charge < -0.3 is 16.2 Å². The highest BCUT2D eigenvalue weighted by atomic mass is 32.2. The van der Waals surface area contributed by atoms with Gasteiger partial charge >= 0.3 is 0 Å². The average molecular weight is 417 g/mol. The summed E-state index contributed by atoms with van der Waals surface area (Å²) in [6, 6.07) is 15.7. The first-order chi connectivity index (χ1) is 13.9. The molecular weight excluding hydrogens is 388 g/mol. The number of hydrogen-bond donors (Lipinski definition) is 5. The van der Waals surface area contributed by atoms with E-state index in [-0.39, 0.29) is 0 Å². The fraction of sp³-hybridized carbons (Fsp3) is 0.333. The molecule has 29 heavy (non-hydrogen) atoms. The normalized spacial score (nSPS) is 12.9. The maximum atomic E-state index is 12.5. The lowest BCUT2D eigenvalue weighted by molar-refractivity contribution is -0.131. The van der Waals surface area contributed by atoms with Crippen LogP contribution in [0.5, 0.6) is 0 Å². The van der Waals surface area contributed by atoms with Crippen LogP contribution in [0.3, 0.4) is 0 Å². The van der Waals surface area contributed by atoms with Crippen molar-refractivity contribution in [2.75, 3.05) is 11.1 Å². The van der Waals surface area contributed by atoms with Crippen molar-refractivity contribution in [3.63, 3.8) is 0 Å². The monoisotopic (exact) mass is 416 g/mol. The molecule has 8 heteroatoms. The highest BCUT2D eigenvalue weighted by Gasteiger charge is 2.23. The lowest BCUT2D eigenvalue weighted by Crippen LogP contribution is -2.52. The molecule has 0 spiro atoms. The number of thioether (sulfide) groups is 1. The van der Waals surface area contributed by atoms with Gasteiger partial charge in [-0.05, 0) is 41.7 Å². The fourth-order valence-corrected chi connectivity index (χ4v) is 3.40.